The highest BCUT2D eigenvalue weighted by molar-refractivity contribution is 7.85. The molecule has 1 saturated carbocycles. The fraction of sp³-hybridized carbons (Fsp3) is 0.625. The molecular weight excluding hydrogens is 270 g/mol. The summed E-state index contributed by atoms with van der Waals surface area (Å²) in [7, 11) is 0.599. The fourth-order valence-electron chi connectivity index (χ4n) is 3.15. The van der Waals surface area contributed by atoms with Crippen molar-refractivity contribution < 1.29 is 8.95 Å². The molecule has 0 bridgehead atoms. The Bertz CT molecular complexity index is 487. The normalized spacial score (nSPS) is 26.4. The summed E-state index contributed by atoms with van der Waals surface area (Å²) in [5, 5.41) is 3.69. The van der Waals surface area contributed by atoms with Crippen LogP contribution in [0, 0.1) is 5.41 Å². The first-order chi connectivity index (χ1) is 9.51. The Morgan fingerprint density at radius 3 is 2.75 bits per heavy atom. The zero-order valence-electron chi connectivity index (χ0n) is 12.8. The molecule has 1 N–H and O–H groups in total. The number of nitrogens with one attached hydrogen (secondary N) is 1. The molecule has 0 saturated heterocycles. The molecule has 1 aromatic rings. The second-order valence-electron chi connectivity index (χ2n) is 6.05. The smallest absolute Gasteiger partial charge is 0.134 e. The van der Waals surface area contributed by atoms with Gasteiger partial charge in [0.05, 0.1) is 28.1 Å². The van der Waals surface area contributed by atoms with Gasteiger partial charge in [0.2, 0.25) is 0 Å². The molecule has 3 nitrogen and oxygen atoms in total. The van der Waals surface area contributed by atoms with Crippen LogP contribution < -0.4 is 10.1 Å². The Kier molecular flexibility index (Phi) is 4.86. The van der Waals surface area contributed by atoms with Gasteiger partial charge in [0, 0.05) is 6.04 Å². The van der Waals surface area contributed by atoms with Crippen LogP contribution >= 0.6 is 0 Å². The molecule has 1 aliphatic carbocycles. The van der Waals surface area contributed by atoms with Crippen LogP contribution in [0.25, 0.3) is 0 Å². The predicted octanol–water partition coefficient (Wildman–Crippen LogP) is 2.97. The molecule has 0 amide bonds. The van der Waals surface area contributed by atoms with Gasteiger partial charge in [-0.3, -0.25) is 4.21 Å². The molecule has 3 unspecified atom stereocenters. The molecule has 0 aliphatic heterocycles. The molecule has 4 heteroatoms. The molecule has 0 heterocycles. The first-order valence-corrected chi connectivity index (χ1v) is 8.49. The van der Waals surface area contributed by atoms with E-state index in [1.807, 2.05) is 24.3 Å². The van der Waals surface area contributed by atoms with Crippen LogP contribution in [0.3, 0.4) is 0 Å². The number of para-hydroxylation sites is 1. The van der Waals surface area contributed by atoms with Gasteiger partial charge in [-0.05, 0) is 36.9 Å². The molecule has 3 atom stereocenters. The van der Waals surface area contributed by atoms with E-state index < -0.39 is 10.8 Å². The highest BCUT2D eigenvalue weighted by Crippen LogP contribution is 2.42. The molecule has 0 spiro atoms. The molecule has 20 heavy (non-hydrogen) atoms. The van der Waals surface area contributed by atoms with Crippen molar-refractivity contribution in [2.75, 3.05) is 13.7 Å². The number of benzene rings is 1. The maximum atomic E-state index is 13.0. The summed E-state index contributed by atoms with van der Waals surface area (Å²) >= 11 is 0. The molecule has 0 radical (unpaired) electrons. The van der Waals surface area contributed by atoms with Gasteiger partial charge in [-0.15, -0.1) is 0 Å². The predicted molar refractivity (Wildman–Crippen MR) is 83.7 cm³/mol. The summed E-state index contributed by atoms with van der Waals surface area (Å²) in [6.45, 7) is 7.55. The molecule has 1 aliphatic rings. The van der Waals surface area contributed by atoms with Crippen molar-refractivity contribution in [3.05, 3.63) is 24.3 Å². The van der Waals surface area contributed by atoms with Gasteiger partial charge >= 0.3 is 0 Å². The number of hydrogen-bond donors (Lipinski definition) is 1. The van der Waals surface area contributed by atoms with Gasteiger partial charge in [-0.25, -0.2) is 0 Å². The average molecular weight is 295 g/mol. The van der Waals surface area contributed by atoms with E-state index in [1.165, 1.54) is 0 Å². The van der Waals surface area contributed by atoms with Gasteiger partial charge in [0.15, 0.2) is 0 Å². The van der Waals surface area contributed by atoms with Crippen molar-refractivity contribution in [1.29, 1.82) is 0 Å². The molecule has 0 aromatic heterocycles. The highest BCUT2D eigenvalue weighted by atomic mass is 32.2. The third-order valence-electron chi connectivity index (χ3n) is 4.27. The number of methoxy groups -OCH3 is 1. The largest absolute Gasteiger partial charge is 0.495 e. The van der Waals surface area contributed by atoms with Crippen LogP contribution in [0.2, 0.25) is 0 Å². The van der Waals surface area contributed by atoms with E-state index in [9.17, 15) is 4.21 Å². The summed E-state index contributed by atoms with van der Waals surface area (Å²) in [4.78, 5) is 0.820. The van der Waals surface area contributed by atoms with Gasteiger partial charge in [0.1, 0.15) is 5.75 Å². The van der Waals surface area contributed by atoms with Crippen LogP contribution in [-0.4, -0.2) is 29.2 Å². The number of hydrogen-bond acceptors (Lipinski definition) is 3. The lowest BCUT2D eigenvalue weighted by Crippen LogP contribution is -2.46. The topological polar surface area (TPSA) is 38.3 Å². The Morgan fingerprint density at radius 2 is 2.10 bits per heavy atom. The van der Waals surface area contributed by atoms with Gasteiger partial charge < -0.3 is 10.1 Å². The van der Waals surface area contributed by atoms with Crippen molar-refractivity contribution in [2.45, 2.75) is 49.8 Å². The lowest BCUT2D eigenvalue weighted by molar-refractivity contribution is 0.289. The van der Waals surface area contributed by atoms with Crippen LogP contribution in [0.1, 0.15) is 33.6 Å². The monoisotopic (exact) mass is 295 g/mol. The minimum Gasteiger partial charge on any atom is -0.495 e. The highest BCUT2D eigenvalue weighted by Gasteiger charge is 2.44. The maximum absolute atomic E-state index is 13.0. The van der Waals surface area contributed by atoms with Crippen molar-refractivity contribution in [2.24, 2.45) is 5.41 Å². The van der Waals surface area contributed by atoms with Crippen molar-refractivity contribution in [3.63, 3.8) is 0 Å². The van der Waals surface area contributed by atoms with E-state index in [2.05, 4.69) is 26.1 Å². The molecule has 2 rings (SSSR count). The quantitative estimate of drug-likeness (QED) is 0.907. The van der Waals surface area contributed by atoms with Gasteiger partial charge in [0.25, 0.3) is 0 Å². The van der Waals surface area contributed by atoms with Crippen LogP contribution in [0.4, 0.5) is 0 Å². The fourth-order valence-corrected chi connectivity index (χ4v) is 5.08. The minimum atomic E-state index is -1.04. The number of ether oxygens (including phenoxy) is 1. The Labute approximate surface area is 124 Å². The lowest BCUT2D eigenvalue weighted by Gasteiger charge is -2.31. The van der Waals surface area contributed by atoms with Crippen LogP contribution in [0.15, 0.2) is 29.2 Å². The Morgan fingerprint density at radius 1 is 1.40 bits per heavy atom. The van der Waals surface area contributed by atoms with E-state index in [0.717, 1.165) is 30.0 Å². The third kappa shape index (κ3) is 2.91. The van der Waals surface area contributed by atoms with Crippen molar-refractivity contribution in [1.82, 2.24) is 5.32 Å². The maximum Gasteiger partial charge on any atom is 0.134 e. The van der Waals surface area contributed by atoms with Crippen molar-refractivity contribution in [3.8, 4) is 5.75 Å². The lowest BCUT2D eigenvalue weighted by atomic mass is 9.87. The standard InChI is InChI=1S/C16H25NO2S/c1-5-17-15-14(10-11-16(15,2)3)20(18)13-9-7-6-8-12(13)19-4/h6-9,14-15,17H,5,10-11H2,1-4H3. The van der Waals surface area contributed by atoms with E-state index in [0.29, 0.717) is 6.04 Å². The minimum absolute atomic E-state index is 0.154. The zero-order valence-corrected chi connectivity index (χ0v) is 13.6. The Balaban J connectivity index is 2.28. The second-order valence-corrected chi connectivity index (χ2v) is 7.69. The van der Waals surface area contributed by atoms with E-state index >= 15 is 0 Å². The van der Waals surface area contributed by atoms with E-state index in [4.69, 9.17) is 4.74 Å². The summed E-state index contributed by atoms with van der Waals surface area (Å²) in [5.74, 6) is 0.728. The van der Waals surface area contributed by atoms with E-state index in [1.54, 1.807) is 7.11 Å². The van der Waals surface area contributed by atoms with Crippen LogP contribution in [-0.2, 0) is 10.8 Å². The Hall–Kier alpha value is -0.870. The summed E-state index contributed by atoms with van der Waals surface area (Å²) in [6, 6.07) is 7.94. The SMILES string of the molecule is CCNC1C(S(=O)c2ccccc2OC)CCC1(C)C. The van der Waals surface area contributed by atoms with E-state index in [-0.39, 0.29) is 10.7 Å². The first kappa shape index (κ1) is 15.5. The summed E-state index contributed by atoms with van der Waals surface area (Å²) < 4.78 is 18.4. The number of rotatable bonds is 5. The van der Waals surface area contributed by atoms with Gasteiger partial charge in [-0.1, -0.05) is 32.9 Å². The first-order valence-electron chi connectivity index (χ1n) is 7.28. The zero-order chi connectivity index (χ0) is 14.8. The van der Waals surface area contributed by atoms with Crippen LogP contribution in [0.5, 0.6) is 5.75 Å². The summed E-state index contributed by atoms with van der Waals surface area (Å²) in [6.07, 6.45) is 2.10. The average Bonchev–Trinajstić information content (AvgIpc) is 2.74. The van der Waals surface area contributed by atoms with Gasteiger partial charge in [-0.2, -0.15) is 0 Å². The molecule has 1 aromatic carbocycles. The second kappa shape index (κ2) is 6.27. The third-order valence-corrected chi connectivity index (χ3v) is 6.10. The van der Waals surface area contributed by atoms with Crippen molar-refractivity contribution >= 4 is 10.8 Å². The summed E-state index contributed by atoms with van der Waals surface area (Å²) in [5.41, 5.74) is 0.193. The molecular formula is C16H25NO2S. The molecule has 112 valence electrons. The molecule has 1 fully saturated rings.